The minimum Gasteiger partial charge on any atom is -0.493 e. The van der Waals surface area contributed by atoms with Gasteiger partial charge in [-0.1, -0.05) is 0 Å². The zero-order chi connectivity index (χ0) is 15.2. The standard InChI is InChI=1S/C15H21N3O3/c1-19-8-4-6-17-15-13-10(5-7-18-15)11(16)9-12(20-2)14(13)21-3/h5,7,9H,4,6,8,16H2,1-3H3,(H,17,18). The van der Waals surface area contributed by atoms with Gasteiger partial charge in [0.05, 0.1) is 19.6 Å². The van der Waals surface area contributed by atoms with Gasteiger partial charge in [0.1, 0.15) is 5.82 Å². The first-order chi connectivity index (χ1) is 10.2. The summed E-state index contributed by atoms with van der Waals surface area (Å²) < 4.78 is 15.9. The van der Waals surface area contributed by atoms with Gasteiger partial charge >= 0.3 is 0 Å². The number of aromatic nitrogens is 1. The number of nitrogens with one attached hydrogen (secondary N) is 1. The van der Waals surface area contributed by atoms with Gasteiger partial charge in [0.2, 0.25) is 0 Å². The van der Waals surface area contributed by atoms with E-state index in [0.717, 1.165) is 29.6 Å². The Kier molecular flexibility index (Phi) is 5.05. The first-order valence-electron chi connectivity index (χ1n) is 6.75. The van der Waals surface area contributed by atoms with Crippen molar-refractivity contribution in [2.45, 2.75) is 6.42 Å². The van der Waals surface area contributed by atoms with Crippen LogP contribution in [0, 0.1) is 0 Å². The molecule has 114 valence electrons. The largest absolute Gasteiger partial charge is 0.493 e. The Bertz CT molecular complexity index is 617. The maximum absolute atomic E-state index is 6.09. The monoisotopic (exact) mass is 291 g/mol. The van der Waals surface area contributed by atoms with Crippen LogP contribution in [0.2, 0.25) is 0 Å². The molecule has 1 heterocycles. The van der Waals surface area contributed by atoms with Gasteiger partial charge in [0.25, 0.3) is 0 Å². The van der Waals surface area contributed by atoms with Crippen LogP contribution in [0.3, 0.4) is 0 Å². The summed E-state index contributed by atoms with van der Waals surface area (Å²) in [5.41, 5.74) is 6.72. The normalized spacial score (nSPS) is 10.6. The summed E-state index contributed by atoms with van der Waals surface area (Å²) in [6.45, 7) is 1.45. The van der Waals surface area contributed by atoms with E-state index in [1.807, 2.05) is 6.07 Å². The number of pyridine rings is 1. The first-order valence-corrected chi connectivity index (χ1v) is 6.75. The highest BCUT2D eigenvalue weighted by Crippen LogP contribution is 2.41. The van der Waals surface area contributed by atoms with Gasteiger partial charge in [-0.15, -0.1) is 0 Å². The second-order valence-electron chi connectivity index (χ2n) is 4.56. The van der Waals surface area contributed by atoms with Crippen LogP contribution in [0.25, 0.3) is 10.8 Å². The summed E-state index contributed by atoms with van der Waals surface area (Å²) in [7, 11) is 4.88. The number of hydrogen-bond acceptors (Lipinski definition) is 6. The quantitative estimate of drug-likeness (QED) is 0.602. The second-order valence-corrected chi connectivity index (χ2v) is 4.56. The van der Waals surface area contributed by atoms with Gasteiger partial charge in [-0.2, -0.15) is 0 Å². The molecular weight excluding hydrogens is 270 g/mol. The third kappa shape index (κ3) is 3.11. The number of nitrogen functional groups attached to an aromatic ring is 1. The van der Waals surface area contributed by atoms with E-state index in [4.69, 9.17) is 19.9 Å². The average molecular weight is 291 g/mol. The summed E-state index contributed by atoms with van der Waals surface area (Å²) in [5, 5.41) is 5.01. The summed E-state index contributed by atoms with van der Waals surface area (Å²) in [6, 6.07) is 3.63. The van der Waals surface area contributed by atoms with Crippen LogP contribution in [-0.2, 0) is 4.74 Å². The molecule has 0 aliphatic carbocycles. The molecule has 0 amide bonds. The van der Waals surface area contributed by atoms with Crippen LogP contribution in [0.15, 0.2) is 18.3 Å². The van der Waals surface area contributed by atoms with Gasteiger partial charge in [0, 0.05) is 43.6 Å². The predicted molar refractivity (Wildman–Crippen MR) is 84.2 cm³/mol. The molecule has 0 atom stereocenters. The van der Waals surface area contributed by atoms with Crippen LogP contribution in [0.1, 0.15) is 6.42 Å². The summed E-state index contributed by atoms with van der Waals surface area (Å²) in [6.07, 6.45) is 2.61. The highest BCUT2D eigenvalue weighted by Gasteiger charge is 2.16. The van der Waals surface area contributed by atoms with E-state index in [2.05, 4.69) is 10.3 Å². The molecule has 0 aliphatic rings. The molecular formula is C15H21N3O3. The number of ether oxygens (including phenoxy) is 3. The van der Waals surface area contributed by atoms with E-state index in [1.165, 1.54) is 0 Å². The van der Waals surface area contributed by atoms with E-state index in [1.54, 1.807) is 33.6 Å². The van der Waals surface area contributed by atoms with Crippen molar-refractivity contribution < 1.29 is 14.2 Å². The second kappa shape index (κ2) is 6.99. The van der Waals surface area contributed by atoms with Crippen LogP contribution in [0.4, 0.5) is 11.5 Å². The fourth-order valence-corrected chi connectivity index (χ4v) is 2.25. The lowest BCUT2D eigenvalue weighted by atomic mass is 10.1. The first kappa shape index (κ1) is 15.2. The molecule has 2 aromatic rings. The molecule has 0 saturated heterocycles. The summed E-state index contributed by atoms with van der Waals surface area (Å²) in [5.74, 6) is 1.95. The van der Waals surface area contributed by atoms with Gasteiger partial charge < -0.3 is 25.3 Å². The van der Waals surface area contributed by atoms with Crippen molar-refractivity contribution >= 4 is 22.3 Å². The van der Waals surface area contributed by atoms with Gasteiger partial charge in [0.15, 0.2) is 11.5 Å². The lowest BCUT2D eigenvalue weighted by Gasteiger charge is -2.16. The van der Waals surface area contributed by atoms with E-state index >= 15 is 0 Å². The van der Waals surface area contributed by atoms with E-state index in [9.17, 15) is 0 Å². The van der Waals surface area contributed by atoms with Crippen molar-refractivity contribution in [3.05, 3.63) is 18.3 Å². The number of nitrogens with zero attached hydrogens (tertiary/aromatic N) is 1. The Labute approximate surface area is 124 Å². The number of fused-ring (bicyclic) bond motifs is 1. The minimum atomic E-state index is 0.593. The fraction of sp³-hybridized carbons (Fsp3) is 0.400. The SMILES string of the molecule is COCCCNc1nccc2c(N)cc(OC)c(OC)c12. The molecule has 1 aromatic heterocycles. The van der Waals surface area contributed by atoms with Crippen molar-refractivity contribution in [3.8, 4) is 11.5 Å². The van der Waals surface area contributed by atoms with Crippen LogP contribution in [0.5, 0.6) is 11.5 Å². The molecule has 0 spiro atoms. The van der Waals surface area contributed by atoms with Crippen molar-refractivity contribution in [1.82, 2.24) is 4.98 Å². The topological polar surface area (TPSA) is 78.6 Å². The van der Waals surface area contributed by atoms with E-state index < -0.39 is 0 Å². The number of benzene rings is 1. The lowest BCUT2D eigenvalue weighted by Crippen LogP contribution is -2.07. The van der Waals surface area contributed by atoms with E-state index in [0.29, 0.717) is 23.8 Å². The van der Waals surface area contributed by atoms with Crippen LogP contribution >= 0.6 is 0 Å². The van der Waals surface area contributed by atoms with Crippen LogP contribution in [-0.4, -0.2) is 39.5 Å². The van der Waals surface area contributed by atoms with Gasteiger partial charge in [-0.25, -0.2) is 4.98 Å². The Morgan fingerprint density at radius 3 is 2.71 bits per heavy atom. The average Bonchev–Trinajstić information content (AvgIpc) is 2.51. The molecule has 6 nitrogen and oxygen atoms in total. The molecule has 0 radical (unpaired) electrons. The molecule has 0 bridgehead atoms. The van der Waals surface area contributed by atoms with Crippen molar-refractivity contribution in [3.63, 3.8) is 0 Å². The highest BCUT2D eigenvalue weighted by molar-refractivity contribution is 6.05. The molecule has 3 N–H and O–H groups in total. The van der Waals surface area contributed by atoms with Gasteiger partial charge in [-0.05, 0) is 12.5 Å². The predicted octanol–water partition coefficient (Wildman–Crippen LogP) is 2.28. The van der Waals surface area contributed by atoms with Crippen molar-refractivity contribution in [1.29, 1.82) is 0 Å². The fourth-order valence-electron chi connectivity index (χ4n) is 2.25. The maximum atomic E-state index is 6.09. The van der Waals surface area contributed by atoms with Crippen molar-refractivity contribution in [2.24, 2.45) is 0 Å². The smallest absolute Gasteiger partial charge is 0.172 e. The Balaban J connectivity index is 2.47. The number of rotatable bonds is 7. The number of nitrogens with two attached hydrogens (primary N) is 1. The highest BCUT2D eigenvalue weighted by atomic mass is 16.5. The third-order valence-corrected chi connectivity index (χ3v) is 3.24. The minimum absolute atomic E-state index is 0.593. The molecule has 2 rings (SSSR count). The molecule has 0 saturated carbocycles. The number of anilines is 2. The lowest BCUT2D eigenvalue weighted by molar-refractivity contribution is 0.198. The molecule has 0 aliphatic heterocycles. The third-order valence-electron chi connectivity index (χ3n) is 3.24. The Morgan fingerprint density at radius 2 is 2.05 bits per heavy atom. The number of methoxy groups -OCH3 is 3. The molecule has 0 fully saturated rings. The Morgan fingerprint density at radius 1 is 1.24 bits per heavy atom. The maximum Gasteiger partial charge on any atom is 0.172 e. The van der Waals surface area contributed by atoms with Crippen molar-refractivity contribution in [2.75, 3.05) is 45.5 Å². The zero-order valence-corrected chi connectivity index (χ0v) is 12.6. The van der Waals surface area contributed by atoms with Gasteiger partial charge in [-0.3, -0.25) is 0 Å². The molecule has 0 unspecified atom stereocenters. The molecule has 21 heavy (non-hydrogen) atoms. The summed E-state index contributed by atoms with van der Waals surface area (Å²) >= 11 is 0. The van der Waals surface area contributed by atoms with E-state index in [-0.39, 0.29) is 0 Å². The summed E-state index contributed by atoms with van der Waals surface area (Å²) in [4.78, 5) is 4.39. The van der Waals surface area contributed by atoms with Crippen LogP contribution < -0.4 is 20.5 Å². The Hall–Kier alpha value is -2.21. The number of hydrogen-bond donors (Lipinski definition) is 2. The molecule has 1 aromatic carbocycles. The molecule has 6 heteroatoms. The zero-order valence-electron chi connectivity index (χ0n) is 12.6.